The molecular weight excluding hydrogens is 536 g/mol. The molecule has 7 nitrogen and oxygen atoms in total. The number of hydrogen-bond acceptors (Lipinski definition) is 8. The highest BCUT2D eigenvalue weighted by Crippen LogP contribution is 2.46. The van der Waals surface area contributed by atoms with E-state index >= 15 is 0 Å². The van der Waals surface area contributed by atoms with E-state index in [2.05, 4.69) is 31.8 Å². The van der Waals surface area contributed by atoms with Crippen molar-refractivity contribution in [2.45, 2.75) is 53.2 Å². The molecule has 1 aliphatic rings. The largest absolute Gasteiger partial charge is 0.495 e. The van der Waals surface area contributed by atoms with E-state index < -0.39 is 5.60 Å². The van der Waals surface area contributed by atoms with Gasteiger partial charge in [0.25, 0.3) is 0 Å². The number of aromatic nitrogens is 1. The van der Waals surface area contributed by atoms with E-state index in [9.17, 15) is 4.79 Å². The number of carbonyl (C=O) groups excluding carboxylic acids is 1. The third-order valence-electron chi connectivity index (χ3n) is 5.42. The van der Waals surface area contributed by atoms with Gasteiger partial charge in [0, 0.05) is 49.0 Å². The van der Waals surface area contributed by atoms with Crippen LogP contribution in [0.1, 0.15) is 43.0 Å². The summed E-state index contributed by atoms with van der Waals surface area (Å²) >= 11 is 9.62. The fraction of sp³-hybridized carbons (Fsp3) is 0.400. The second-order valence-electron chi connectivity index (χ2n) is 9.14. The lowest BCUT2D eigenvalue weighted by atomic mass is 9.83. The summed E-state index contributed by atoms with van der Waals surface area (Å²) in [5, 5.41) is 26.7. The van der Waals surface area contributed by atoms with E-state index in [1.807, 2.05) is 30.3 Å². The Labute approximate surface area is 243 Å². The minimum atomic E-state index is -0.500. The monoisotopic (exact) mass is 578 g/mol. The second kappa shape index (κ2) is 17.9. The van der Waals surface area contributed by atoms with Gasteiger partial charge in [0.05, 0.1) is 24.6 Å². The summed E-state index contributed by atoms with van der Waals surface area (Å²) in [4.78, 5) is 16.1. The van der Waals surface area contributed by atoms with Crippen molar-refractivity contribution in [3.8, 4) is 28.1 Å². The van der Waals surface area contributed by atoms with Gasteiger partial charge in [-0.2, -0.15) is 12.6 Å². The quantitative estimate of drug-likeness (QED) is 0.193. The molecule has 9 heteroatoms. The summed E-state index contributed by atoms with van der Waals surface area (Å²) in [5.41, 5.74) is 9.04. The molecule has 0 saturated carbocycles. The lowest BCUT2D eigenvalue weighted by molar-refractivity contribution is -0.107. The molecule has 0 unspecified atom stereocenters. The Morgan fingerprint density at radius 3 is 2.08 bits per heavy atom. The number of thiol groups is 1. The number of carbonyl (C=O) groups is 1. The molecule has 1 aromatic heterocycles. The number of rotatable bonds is 4. The molecule has 39 heavy (non-hydrogen) atoms. The first-order valence-electron chi connectivity index (χ1n) is 12.2. The zero-order valence-corrected chi connectivity index (χ0v) is 26.0. The van der Waals surface area contributed by atoms with Gasteiger partial charge in [-0.3, -0.25) is 4.98 Å². The van der Waals surface area contributed by atoms with Crippen LogP contribution in [0, 0.1) is 13.8 Å². The number of aldehydes is 1. The van der Waals surface area contributed by atoms with Crippen molar-refractivity contribution in [3.63, 3.8) is 0 Å². The van der Waals surface area contributed by atoms with Crippen LogP contribution in [-0.4, -0.2) is 59.8 Å². The second-order valence-corrected chi connectivity index (χ2v) is 9.57. The van der Waals surface area contributed by atoms with Crippen molar-refractivity contribution in [2.24, 2.45) is 0 Å². The van der Waals surface area contributed by atoms with Crippen LogP contribution in [0.5, 0.6) is 5.75 Å². The van der Waals surface area contributed by atoms with Crippen LogP contribution in [-0.2, 0) is 17.8 Å². The van der Waals surface area contributed by atoms with Crippen molar-refractivity contribution >= 4 is 36.2 Å². The van der Waals surface area contributed by atoms with Crippen LogP contribution in [0.3, 0.4) is 0 Å². The Morgan fingerprint density at radius 1 is 1.05 bits per heavy atom. The predicted molar refractivity (Wildman–Crippen MR) is 166 cm³/mol. The molecule has 0 aliphatic carbocycles. The van der Waals surface area contributed by atoms with E-state index in [0.29, 0.717) is 18.0 Å². The van der Waals surface area contributed by atoms with E-state index in [1.54, 1.807) is 40.3 Å². The summed E-state index contributed by atoms with van der Waals surface area (Å²) in [6.07, 6.45) is 4.78. The number of anilines is 1. The molecule has 3 aromatic rings. The maximum Gasteiger partial charge on any atom is 0.137 e. The van der Waals surface area contributed by atoms with Gasteiger partial charge in [-0.05, 0) is 86.9 Å². The highest BCUT2D eigenvalue weighted by atomic mass is 35.5. The molecule has 0 spiro atoms. The first-order chi connectivity index (χ1) is 18.5. The summed E-state index contributed by atoms with van der Waals surface area (Å²) in [6, 6.07) is 9.79. The Bertz CT molecular complexity index is 1170. The lowest BCUT2D eigenvalue weighted by Crippen LogP contribution is -2.15. The van der Waals surface area contributed by atoms with Gasteiger partial charge in [0.2, 0.25) is 0 Å². The standard InChI is InChI=1S/C23H21ClN2O2.C4H10O.2CH4O.CH4S/c1-13-19(8-9-27)20(15-4-6-17(24)7-5-15)14(2)21-22(13)25-11-16-10-18(28-3)12-26-23(16)21;1-4(2,3)5;3*1-2/h4-7,9-10,12,25H,8,11H2,1-3H3;5H,1-3H3;3*2H,1H3. The van der Waals surface area contributed by atoms with Gasteiger partial charge >= 0.3 is 0 Å². The summed E-state index contributed by atoms with van der Waals surface area (Å²) in [6.45, 7) is 10.1. The van der Waals surface area contributed by atoms with Gasteiger partial charge in [-0.25, -0.2) is 0 Å². The summed E-state index contributed by atoms with van der Waals surface area (Å²) in [7, 11) is 3.65. The number of ether oxygens (including phenoxy) is 1. The van der Waals surface area contributed by atoms with Gasteiger partial charge < -0.3 is 30.2 Å². The Kier molecular flexibility index (Phi) is 16.7. The number of benzene rings is 2. The van der Waals surface area contributed by atoms with Crippen molar-refractivity contribution in [1.29, 1.82) is 0 Å². The van der Waals surface area contributed by atoms with E-state index in [0.717, 1.165) is 76.6 Å². The third kappa shape index (κ3) is 10.1. The zero-order valence-electron chi connectivity index (χ0n) is 24.4. The van der Waals surface area contributed by atoms with E-state index in [-0.39, 0.29) is 0 Å². The molecule has 0 amide bonds. The van der Waals surface area contributed by atoms with Crippen molar-refractivity contribution in [2.75, 3.05) is 32.9 Å². The zero-order chi connectivity index (χ0) is 30.3. The molecule has 0 atom stereocenters. The topological polar surface area (TPSA) is 112 Å². The van der Waals surface area contributed by atoms with Crippen LogP contribution in [0.15, 0.2) is 36.5 Å². The van der Waals surface area contributed by atoms with Crippen molar-refractivity contribution in [3.05, 3.63) is 63.8 Å². The van der Waals surface area contributed by atoms with Gasteiger partial charge in [-0.15, -0.1) is 0 Å². The number of fused-ring (bicyclic) bond motifs is 3. The fourth-order valence-corrected chi connectivity index (χ4v) is 4.20. The molecule has 2 heterocycles. The van der Waals surface area contributed by atoms with Gasteiger partial charge in [-0.1, -0.05) is 23.7 Å². The maximum absolute atomic E-state index is 11.4. The molecule has 1 aliphatic heterocycles. The van der Waals surface area contributed by atoms with Gasteiger partial charge in [0.1, 0.15) is 12.0 Å². The SMILES string of the molecule is CC(C)(C)O.CO.CO.COc1cnc2c(c1)CNc1c(C)c(CC=O)c(-c3ccc(Cl)cc3)c(C)c1-2.CS. The molecular formula is C30H43ClN2O5S. The van der Waals surface area contributed by atoms with Crippen LogP contribution in [0.25, 0.3) is 22.4 Å². The molecule has 4 rings (SSSR count). The molecule has 4 N–H and O–H groups in total. The number of pyridine rings is 1. The highest BCUT2D eigenvalue weighted by molar-refractivity contribution is 7.79. The minimum absolute atomic E-state index is 0.364. The number of aliphatic hydroxyl groups excluding tert-OH is 2. The molecule has 0 saturated heterocycles. The number of halogens is 1. The molecule has 0 fully saturated rings. The first-order valence-corrected chi connectivity index (χ1v) is 13.5. The number of nitrogens with zero attached hydrogens (tertiary/aromatic N) is 1. The molecule has 216 valence electrons. The minimum Gasteiger partial charge on any atom is -0.495 e. The first kappa shape index (κ1) is 36.4. The number of nitrogens with one attached hydrogen (secondary N) is 1. The highest BCUT2D eigenvalue weighted by Gasteiger charge is 2.26. The Hall–Kier alpha value is -2.62. The predicted octanol–water partition coefficient (Wildman–Crippen LogP) is 5.90. The number of hydrogen-bond donors (Lipinski definition) is 5. The van der Waals surface area contributed by atoms with Crippen LogP contribution >= 0.6 is 24.2 Å². The van der Waals surface area contributed by atoms with Crippen LogP contribution in [0.2, 0.25) is 5.02 Å². The van der Waals surface area contributed by atoms with Gasteiger partial charge in [0.15, 0.2) is 0 Å². The summed E-state index contributed by atoms with van der Waals surface area (Å²) < 4.78 is 5.34. The molecule has 0 bridgehead atoms. The number of aliphatic hydroxyl groups is 3. The van der Waals surface area contributed by atoms with Crippen molar-refractivity contribution in [1.82, 2.24) is 4.98 Å². The third-order valence-corrected chi connectivity index (χ3v) is 5.67. The molecule has 2 aromatic carbocycles. The lowest BCUT2D eigenvalue weighted by Gasteiger charge is -2.28. The average molecular weight is 579 g/mol. The van der Waals surface area contributed by atoms with Crippen LogP contribution < -0.4 is 10.1 Å². The number of methoxy groups -OCH3 is 1. The van der Waals surface area contributed by atoms with E-state index in [1.165, 1.54) is 0 Å². The normalized spacial score (nSPS) is 10.6. The van der Waals surface area contributed by atoms with Crippen molar-refractivity contribution < 1.29 is 24.9 Å². The average Bonchev–Trinajstić information content (AvgIpc) is 2.94. The smallest absolute Gasteiger partial charge is 0.137 e. The Balaban J connectivity index is 0.00000115. The molecule has 0 radical (unpaired) electrons. The fourth-order valence-electron chi connectivity index (χ4n) is 4.07. The maximum atomic E-state index is 11.4. The van der Waals surface area contributed by atoms with E-state index in [4.69, 9.17) is 36.6 Å². The van der Waals surface area contributed by atoms with Crippen LogP contribution in [0.4, 0.5) is 5.69 Å². The summed E-state index contributed by atoms with van der Waals surface area (Å²) in [5.74, 6) is 0.744. The Morgan fingerprint density at radius 2 is 1.59 bits per heavy atom.